The first-order valence-electron chi connectivity index (χ1n) is 11.5. The molecule has 0 unspecified atom stereocenters. The van der Waals surface area contributed by atoms with E-state index in [1.165, 1.54) is 5.56 Å². The van der Waals surface area contributed by atoms with E-state index < -0.39 is 5.92 Å². The van der Waals surface area contributed by atoms with Crippen molar-refractivity contribution in [3.8, 4) is 0 Å². The molecule has 166 valence electrons. The number of amides is 2. The average molecular weight is 433 g/mol. The third-order valence-corrected chi connectivity index (χ3v) is 7.13. The Labute approximate surface area is 188 Å². The molecule has 0 aliphatic carbocycles. The maximum atomic E-state index is 14.0. The number of likely N-dealkylation sites (tertiary alicyclic amines) is 1. The largest absolute Gasteiger partial charge is 0.466 e. The van der Waals surface area contributed by atoms with Gasteiger partial charge in [0.1, 0.15) is 0 Å². The Balaban J connectivity index is 1.49. The fraction of sp³-hybridized carbons (Fsp3) is 0.423. The van der Waals surface area contributed by atoms with E-state index in [0.717, 1.165) is 17.5 Å². The molecule has 3 aliphatic rings. The van der Waals surface area contributed by atoms with Crippen molar-refractivity contribution in [1.29, 1.82) is 0 Å². The Kier molecular flexibility index (Phi) is 5.45. The second-order valence-corrected chi connectivity index (χ2v) is 8.81. The highest BCUT2D eigenvalue weighted by Gasteiger charge is 2.47. The number of hydrogen-bond acceptors (Lipinski definition) is 4. The topological polar surface area (TPSA) is 66.9 Å². The molecular weight excluding hydrogens is 404 g/mol. The number of piperidine rings is 1. The number of ether oxygens (including phenoxy) is 1. The molecule has 0 radical (unpaired) electrons. The molecule has 3 heterocycles. The smallest absolute Gasteiger partial charge is 0.309 e. The van der Waals surface area contributed by atoms with Crippen molar-refractivity contribution in [1.82, 2.24) is 9.80 Å². The van der Waals surface area contributed by atoms with Crippen LogP contribution in [0.4, 0.5) is 0 Å². The number of carbonyl (C=O) groups is 3. The van der Waals surface area contributed by atoms with Gasteiger partial charge in [-0.1, -0.05) is 42.5 Å². The summed E-state index contributed by atoms with van der Waals surface area (Å²) in [7, 11) is 0. The minimum Gasteiger partial charge on any atom is -0.466 e. The maximum absolute atomic E-state index is 14.0. The summed E-state index contributed by atoms with van der Waals surface area (Å²) >= 11 is 0. The van der Waals surface area contributed by atoms with Crippen molar-refractivity contribution in [2.45, 2.75) is 38.1 Å². The third-order valence-electron chi connectivity index (χ3n) is 7.13. The molecular formula is C26H28N2O4. The highest BCUT2D eigenvalue weighted by atomic mass is 16.5. The van der Waals surface area contributed by atoms with Crippen molar-refractivity contribution in [3.05, 3.63) is 70.8 Å². The van der Waals surface area contributed by atoms with Gasteiger partial charge in [0.2, 0.25) is 5.91 Å². The zero-order valence-corrected chi connectivity index (χ0v) is 18.3. The van der Waals surface area contributed by atoms with Gasteiger partial charge in [0.25, 0.3) is 5.91 Å². The first-order chi connectivity index (χ1) is 15.6. The molecule has 2 aromatic carbocycles. The van der Waals surface area contributed by atoms with Gasteiger partial charge >= 0.3 is 5.97 Å². The highest BCUT2D eigenvalue weighted by molar-refractivity contribution is 6.01. The standard InChI is InChI=1S/C26H28N2O4/c1-2-32-26(31)18-11-14-27(15-12-18)25(30)22-20-9-5-6-10-21(20)24(29)28-16-13-17-7-3-4-8-19(17)23(22)28/h3-10,18,22-23H,2,11-16H2,1H3/t22-,23+/m1/s1. The fourth-order valence-corrected chi connectivity index (χ4v) is 5.53. The lowest BCUT2D eigenvalue weighted by molar-refractivity contribution is -0.151. The number of carbonyl (C=O) groups excluding carboxylic acids is 3. The van der Waals surface area contributed by atoms with Crippen LogP contribution < -0.4 is 0 Å². The van der Waals surface area contributed by atoms with E-state index in [1.807, 2.05) is 53.1 Å². The lowest BCUT2D eigenvalue weighted by atomic mass is 9.75. The summed E-state index contributed by atoms with van der Waals surface area (Å²) in [5.74, 6) is -0.708. The maximum Gasteiger partial charge on any atom is 0.309 e. The number of nitrogens with zero attached hydrogens (tertiary/aromatic N) is 2. The summed E-state index contributed by atoms with van der Waals surface area (Å²) in [6.45, 7) is 3.87. The first-order valence-corrected chi connectivity index (χ1v) is 11.5. The normalized spacial score (nSPS) is 22.6. The quantitative estimate of drug-likeness (QED) is 0.698. The molecule has 0 spiro atoms. The van der Waals surface area contributed by atoms with Crippen molar-refractivity contribution < 1.29 is 19.1 Å². The molecule has 0 N–H and O–H groups in total. The van der Waals surface area contributed by atoms with Gasteiger partial charge in [0, 0.05) is 25.2 Å². The molecule has 2 aromatic rings. The third kappa shape index (κ3) is 3.38. The van der Waals surface area contributed by atoms with Crippen molar-refractivity contribution in [2.75, 3.05) is 26.2 Å². The lowest BCUT2D eigenvalue weighted by Gasteiger charge is -2.46. The average Bonchev–Trinajstić information content (AvgIpc) is 2.84. The van der Waals surface area contributed by atoms with Gasteiger partial charge < -0.3 is 14.5 Å². The molecule has 2 amide bonds. The summed E-state index contributed by atoms with van der Waals surface area (Å²) in [6, 6.07) is 15.4. The highest BCUT2D eigenvalue weighted by Crippen LogP contribution is 2.46. The van der Waals surface area contributed by atoms with E-state index in [-0.39, 0.29) is 29.7 Å². The van der Waals surface area contributed by atoms with E-state index in [0.29, 0.717) is 44.6 Å². The van der Waals surface area contributed by atoms with Gasteiger partial charge in [-0.25, -0.2) is 0 Å². The zero-order valence-electron chi connectivity index (χ0n) is 18.3. The predicted octanol–water partition coefficient (Wildman–Crippen LogP) is 3.33. The Morgan fingerprint density at radius 2 is 1.66 bits per heavy atom. The predicted molar refractivity (Wildman–Crippen MR) is 119 cm³/mol. The summed E-state index contributed by atoms with van der Waals surface area (Å²) < 4.78 is 5.17. The van der Waals surface area contributed by atoms with Gasteiger partial charge in [0.15, 0.2) is 0 Å². The van der Waals surface area contributed by atoms with E-state index in [2.05, 4.69) is 12.1 Å². The van der Waals surface area contributed by atoms with Gasteiger partial charge in [-0.15, -0.1) is 0 Å². The van der Waals surface area contributed by atoms with E-state index in [4.69, 9.17) is 4.74 Å². The van der Waals surface area contributed by atoms with Crippen LogP contribution in [0.15, 0.2) is 48.5 Å². The number of fused-ring (bicyclic) bond motifs is 4. The minimum atomic E-state index is -0.440. The van der Waals surface area contributed by atoms with Crippen molar-refractivity contribution >= 4 is 17.8 Å². The molecule has 5 rings (SSSR count). The molecule has 0 aromatic heterocycles. The Bertz CT molecular complexity index is 1060. The molecule has 0 bridgehead atoms. The van der Waals surface area contributed by atoms with Crippen molar-refractivity contribution in [3.63, 3.8) is 0 Å². The van der Waals surface area contributed by atoms with Crippen LogP contribution in [0.5, 0.6) is 0 Å². The number of esters is 1. The van der Waals surface area contributed by atoms with Gasteiger partial charge in [0.05, 0.1) is 24.5 Å². The van der Waals surface area contributed by atoms with Crippen LogP contribution >= 0.6 is 0 Å². The first kappa shape index (κ1) is 20.7. The minimum absolute atomic E-state index is 0.00479. The second kappa shape index (κ2) is 8.41. The van der Waals surface area contributed by atoms with E-state index in [9.17, 15) is 14.4 Å². The monoisotopic (exact) mass is 432 g/mol. The van der Waals surface area contributed by atoms with Gasteiger partial charge in [-0.2, -0.15) is 0 Å². The zero-order chi connectivity index (χ0) is 22.2. The number of hydrogen-bond donors (Lipinski definition) is 0. The molecule has 1 saturated heterocycles. The van der Waals surface area contributed by atoms with Gasteiger partial charge in [-0.05, 0) is 48.9 Å². The van der Waals surface area contributed by atoms with Crippen LogP contribution in [-0.2, 0) is 20.7 Å². The molecule has 0 saturated carbocycles. The van der Waals surface area contributed by atoms with Crippen LogP contribution in [-0.4, -0.2) is 53.8 Å². The molecule has 3 aliphatic heterocycles. The molecule has 6 heteroatoms. The molecule has 32 heavy (non-hydrogen) atoms. The SMILES string of the molecule is CCOC(=O)C1CCN(C(=O)[C@@H]2c3ccccc3C(=O)N3CCc4ccccc4[C@@H]23)CC1. The second-order valence-electron chi connectivity index (χ2n) is 8.81. The van der Waals surface area contributed by atoms with E-state index in [1.54, 1.807) is 0 Å². The van der Waals surface area contributed by atoms with Crippen LogP contribution in [0.25, 0.3) is 0 Å². The van der Waals surface area contributed by atoms with Crippen LogP contribution in [0, 0.1) is 5.92 Å². The lowest BCUT2D eigenvalue weighted by Crippen LogP contribution is -2.52. The number of benzene rings is 2. The molecule has 6 nitrogen and oxygen atoms in total. The van der Waals surface area contributed by atoms with Gasteiger partial charge in [-0.3, -0.25) is 14.4 Å². The summed E-state index contributed by atoms with van der Waals surface area (Å²) in [5, 5.41) is 0. The van der Waals surface area contributed by atoms with Crippen LogP contribution in [0.1, 0.15) is 58.8 Å². The summed E-state index contributed by atoms with van der Waals surface area (Å²) in [4.78, 5) is 43.2. The Morgan fingerprint density at radius 1 is 0.969 bits per heavy atom. The number of rotatable bonds is 3. The van der Waals surface area contributed by atoms with E-state index >= 15 is 0 Å². The van der Waals surface area contributed by atoms with Crippen LogP contribution in [0.2, 0.25) is 0 Å². The fourth-order valence-electron chi connectivity index (χ4n) is 5.53. The molecule has 1 fully saturated rings. The summed E-state index contributed by atoms with van der Waals surface area (Å²) in [6.07, 6.45) is 2.03. The summed E-state index contributed by atoms with van der Waals surface area (Å²) in [5.41, 5.74) is 3.72. The van der Waals surface area contributed by atoms with Crippen molar-refractivity contribution in [2.24, 2.45) is 5.92 Å². The Morgan fingerprint density at radius 3 is 2.41 bits per heavy atom. The van der Waals surface area contributed by atoms with Crippen LogP contribution in [0.3, 0.4) is 0 Å². The Hall–Kier alpha value is -3.15. The molecule has 2 atom stereocenters.